The van der Waals surface area contributed by atoms with Gasteiger partial charge >= 0.3 is 12.0 Å². The lowest BCUT2D eigenvalue weighted by Crippen LogP contribution is -2.20. The van der Waals surface area contributed by atoms with Crippen molar-refractivity contribution >= 4 is 29.2 Å². The summed E-state index contributed by atoms with van der Waals surface area (Å²) in [5.41, 5.74) is 7.15. The number of nitrogens with two attached hydrogens (primary N) is 1. The molecule has 0 saturated heterocycles. The molecule has 2 amide bonds. The summed E-state index contributed by atoms with van der Waals surface area (Å²) in [7, 11) is 0. The Bertz CT molecular complexity index is 772. The number of hydrogen-bond acceptors (Lipinski definition) is 5. The van der Waals surface area contributed by atoms with E-state index in [-0.39, 0.29) is 12.3 Å². The smallest absolute Gasteiger partial charge is 0.338 e. The molecule has 0 bridgehead atoms. The number of benzene rings is 2. The van der Waals surface area contributed by atoms with Gasteiger partial charge in [-0.2, -0.15) is 0 Å². The lowest BCUT2D eigenvalue weighted by molar-refractivity contribution is 0.0526. The molecule has 0 saturated carbocycles. The van der Waals surface area contributed by atoms with Crippen LogP contribution in [-0.2, 0) is 4.74 Å². The maximum atomic E-state index is 12.0. The number of ether oxygens (including phenoxy) is 1. The van der Waals surface area contributed by atoms with Crippen molar-refractivity contribution in [3.63, 3.8) is 0 Å². The van der Waals surface area contributed by atoms with Gasteiger partial charge in [0.15, 0.2) is 5.78 Å². The molecule has 0 spiro atoms. The van der Waals surface area contributed by atoms with E-state index in [1.807, 2.05) is 0 Å². The number of carbonyl (C=O) groups is 3. The number of nitrogens with one attached hydrogen (secondary N) is 2. The Kier molecular flexibility index (Phi) is 6.25. The number of amides is 2. The lowest BCUT2D eigenvalue weighted by Gasteiger charge is -2.09. The molecule has 0 heterocycles. The Hall–Kier alpha value is -3.19. The van der Waals surface area contributed by atoms with E-state index >= 15 is 0 Å². The monoisotopic (exact) mass is 341 g/mol. The van der Waals surface area contributed by atoms with Gasteiger partial charge in [0.05, 0.1) is 18.7 Å². The van der Waals surface area contributed by atoms with Crippen LogP contribution < -0.4 is 16.4 Å². The van der Waals surface area contributed by atoms with Crippen LogP contribution in [0.15, 0.2) is 48.5 Å². The summed E-state index contributed by atoms with van der Waals surface area (Å²) in [5.74, 6) is -0.626. The lowest BCUT2D eigenvalue weighted by atomic mass is 10.1. The van der Waals surface area contributed by atoms with Crippen LogP contribution in [0.3, 0.4) is 0 Å². The Morgan fingerprint density at radius 1 is 0.960 bits per heavy atom. The van der Waals surface area contributed by atoms with Crippen molar-refractivity contribution in [2.45, 2.75) is 6.92 Å². The van der Waals surface area contributed by atoms with Crippen molar-refractivity contribution in [2.75, 3.05) is 23.8 Å². The third kappa shape index (κ3) is 5.15. The number of esters is 1. The van der Waals surface area contributed by atoms with Crippen LogP contribution in [0.2, 0.25) is 0 Å². The van der Waals surface area contributed by atoms with Gasteiger partial charge in [0.1, 0.15) is 0 Å². The molecule has 0 aliphatic carbocycles. The minimum Gasteiger partial charge on any atom is -0.462 e. The van der Waals surface area contributed by atoms with Gasteiger partial charge in [-0.25, -0.2) is 9.59 Å². The van der Waals surface area contributed by atoms with Gasteiger partial charge in [-0.15, -0.1) is 0 Å². The number of rotatable bonds is 6. The third-order valence-corrected chi connectivity index (χ3v) is 3.28. The quantitative estimate of drug-likeness (QED) is 0.552. The molecule has 0 unspecified atom stereocenters. The highest BCUT2D eigenvalue weighted by Gasteiger charge is 2.08. The molecule has 130 valence electrons. The van der Waals surface area contributed by atoms with Crippen molar-refractivity contribution in [1.82, 2.24) is 0 Å². The van der Waals surface area contributed by atoms with Crippen LogP contribution in [0.25, 0.3) is 0 Å². The molecule has 2 rings (SSSR count). The molecule has 0 aliphatic rings. The molecule has 7 nitrogen and oxygen atoms in total. The minimum atomic E-state index is -0.471. The summed E-state index contributed by atoms with van der Waals surface area (Å²) in [6, 6.07) is 12.4. The van der Waals surface area contributed by atoms with Crippen molar-refractivity contribution in [1.29, 1.82) is 0 Å². The average molecular weight is 341 g/mol. The summed E-state index contributed by atoms with van der Waals surface area (Å²) in [5, 5.41) is 5.27. The first-order valence-electron chi connectivity index (χ1n) is 7.72. The number of anilines is 2. The van der Waals surface area contributed by atoms with Crippen LogP contribution in [0.5, 0.6) is 0 Å². The average Bonchev–Trinajstić information content (AvgIpc) is 2.62. The zero-order chi connectivity index (χ0) is 18.2. The largest absolute Gasteiger partial charge is 0.462 e. The number of ketones is 1. The van der Waals surface area contributed by atoms with Gasteiger partial charge in [-0.3, -0.25) is 4.79 Å². The number of hydrogen-bond donors (Lipinski definition) is 3. The van der Waals surface area contributed by atoms with Crippen molar-refractivity contribution in [3.05, 3.63) is 59.7 Å². The molecule has 7 heteroatoms. The Balaban J connectivity index is 1.98. The molecule has 4 N–H and O–H groups in total. The van der Waals surface area contributed by atoms with Gasteiger partial charge in [-0.1, -0.05) is 12.1 Å². The highest BCUT2D eigenvalue weighted by Crippen LogP contribution is 2.14. The van der Waals surface area contributed by atoms with Crippen LogP contribution >= 0.6 is 0 Å². The maximum absolute atomic E-state index is 12.0. The first-order valence-corrected chi connectivity index (χ1v) is 7.72. The van der Waals surface area contributed by atoms with Crippen molar-refractivity contribution in [2.24, 2.45) is 5.73 Å². The predicted molar refractivity (Wildman–Crippen MR) is 94.9 cm³/mol. The zero-order valence-corrected chi connectivity index (χ0v) is 13.7. The standard InChI is InChI=1S/C18H19N3O4/c1-2-25-17(23)12-6-8-14(9-7-12)20-18(24)21-15-5-3-4-13(10-15)16(22)11-19/h3-10H,2,11,19H2,1H3,(H2,20,21,24). The Labute approximate surface area is 145 Å². The van der Waals surface area contributed by atoms with E-state index in [0.717, 1.165) is 0 Å². The molecule has 0 aromatic heterocycles. The van der Waals surface area contributed by atoms with Crippen LogP contribution in [0, 0.1) is 0 Å². The van der Waals surface area contributed by atoms with Crippen molar-refractivity contribution in [3.8, 4) is 0 Å². The van der Waals surface area contributed by atoms with Crippen LogP contribution in [0.4, 0.5) is 16.2 Å². The second-order valence-electron chi connectivity index (χ2n) is 5.09. The molecule has 2 aromatic carbocycles. The topological polar surface area (TPSA) is 111 Å². The summed E-state index contributed by atoms with van der Waals surface area (Å²) >= 11 is 0. The van der Waals surface area contributed by atoms with E-state index < -0.39 is 12.0 Å². The van der Waals surface area contributed by atoms with E-state index in [1.165, 1.54) is 0 Å². The molecule has 25 heavy (non-hydrogen) atoms. The van der Waals surface area contributed by atoms with E-state index in [0.29, 0.717) is 29.1 Å². The number of carbonyl (C=O) groups excluding carboxylic acids is 3. The summed E-state index contributed by atoms with van der Waals surface area (Å²) < 4.78 is 4.89. The molecular formula is C18H19N3O4. The first-order chi connectivity index (χ1) is 12.0. The molecule has 2 aromatic rings. The zero-order valence-electron chi connectivity index (χ0n) is 13.7. The Morgan fingerprint density at radius 2 is 1.64 bits per heavy atom. The summed E-state index contributed by atoms with van der Waals surface area (Å²) in [4.78, 5) is 35.2. The van der Waals surface area contributed by atoms with E-state index in [9.17, 15) is 14.4 Å². The van der Waals surface area contributed by atoms with Gasteiger partial charge in [-0.05, 0) is 43.3 Å². The minimum absolute atomic E-state index is 0.0948. The first kappa shape index (κ1) is 18.2. The Morgan fingerprint density at radius 3 is 2.28 bits per heavy atom. The fourth-order valence-electron chi connectivity index (χ4n) is 2.09. The second kappa shape index (κ2) is 8.60. The number of Topliss-reactive ketones (excluding diaryl/α,β-unsaturated/α-hetero) is 1. The molecule has 0 aliphatic heterocycles. The van der Waals surface area contributed by atoms with Gasteiger partial charge < -0.3 is 21.1 Å². The normalized spacial score (nSPS) is 10.0. The van der Waals surface area contributed by atoms with Gasteiger partial charge in [0.25, 0.3) is 0 Å². The highest BCUT2D eigenvalue weighted by molar-refractivity contribution is 6.02. The van der Waals surface area contributed by atoms with Crippen LogP contribution in [0.1, 0.15) is 27.6 Å². The molecule has 0 atom stereocenters. The fourth-order valence-corrected chi connectivity index (χ4v) is 2.09. The predicted octanol–water partition coefficient (Wildman–Crippen LogP) is 2.65. The van der Waals surface area contributed by atoms with Gasteiger partial charge in [0.2, 0.25) is 0 Å². The van der Waals surface area contributed by atoms with Crippen molar-refractivity contribution < 1.29 is 19.1 Å². The van der Waals surface area contributed by atoms with E-state index in [4.69, 9.17) is 10.5 Å². The molecule has 0 fully saturated rings. The van der Waals surface area contributed by atoms with Gasteiger partial charge in [0, 0.05) is 16.9 Å². The van der Waals surface area contributed by atoms with Crippen LogP contribution in [-0.4, -0.2) is 30.9 Å². The maximum Gasteiger partial charge on any atom is 0.338 e. The fraction of sp³-hybridized carbons (Fsp3) is 0.167. The van der Waals surface area contributed by atoms with E-state index in [2.05, 4.69) is 10.6 Å². The SMILES string of the molecule is CCOC(=O)c1ccc(NC(=O)Nc2cccc(C(=O)CN)c2)cc1. The third-order valence-electron chi connectivity index (χ3n) is 3.28. The van der Waals surface area contributed by atoms with E-state index in [1.54, 1.807) is 55.5 Å². The molecule has 0 radical (unpaired) electrons. The number of urea groups is 1. The second-order valence-corrected chi connectivity index (χ2v) is 5.09. The highest BCUT2D eigenvalue weighted by atomic mass is 16.5. The molecular weight excluding hydrogens is 322 g/mol. The summed E-state index contributed by atoms with van der Waals surface area (Å²) in [6.45, 7) is 1.93. The summed E-state index contributed by atoms with van der Waals surface area (Å²) in [6.07, 6.45) is 0.